The molecule has 1 aromatic heterocycles. The van der Waals surface area contributed by atoms with Gasteiger partial charge in [-0.25, -0.2) is 13.9 Å². The zero-order chi connectivity index (χ0) is 11.7. The van der Waals surface area contributed by atoms with Gasteiger partial charge in [-0.15, -0.1) is 0 Å². The van der Waals surface area contributed by atoms with Gasteiger partial charge in [0, 0.05) is 7.05 Å². The molecular formula is C11H12FN3O. The van der Waals surface area contributed by atoms with E-state index < -0.39 is 0 Å². The van der Waals surface area contributed by atoms with Crippen molar-refractivity contribution in [3.63, 3.8) is 0 Å². The van der Waals surface area contributed by atoms with E-state index in [0.29, 0.717) is 6.54 Å². The molecule has 0 atom stereocenters. The van der Waals surface area contributed by atoms with Gasteiger partial charge in [-0.1, -0.05) is 6.07 Å². The second-order valence-corrected chi connectivity index (χ2v) is 3.75. The Morgan fingerprint density at radius 3 is 2.81 bits per heavy atom. The van der Waals surface area contributed by atoms with Crippen LogP contribution >= 0.6 is 0 Å². The van der Waals surface area contributed by atoms with Crippen LogP contribution in [0, 0.1) is 12.7 Å². The average Bonchev–Trinajstić information content (AvgIpc) is 2.55. The first-order valence-corrected chi connectivity index (χ1v) is 4.91. The molecule has 0 aliphatic rings. The van der Waals surface area contributed by atoms with E-state index in [-0.39, 0.29) is 11.5 Å². The Kier molecular flexibility index (Phi) is 2.60. The maximum Gasteiger partial charge on any atom is 0.345 e. The first-order valence-electron chi connectivity index (χ1n) is 4.91. The van der Waals surface area contributed by atoms with Crippen molar-refractivity contribution in [3.05, 3.63) is 52.0 Å². The van der Waals surface area contributed by atoms with Crippen LogP contribution in [0.3, 0.4) is 0 Å². The topological polar surface area (TPSA) is 39.8 Å². The molecule has 0 spiro atoms. The second-order valence-electron chi connectivity index (χ2n) is 3.75. The predicted octanol–water partition coefficient (Wildman–Crippen LogP) is 1.08. The van der Waals surface area contributed by atoms with Gasteiger partial charge in [-0.3, -0.25) is 4.57 Å². The summed E-state index contributed by atoms with van der Waals surface area (Å²) >= 11 is 0. The number of hydrogen-bond donors (Lipinski definition) is 0. The van der Waals surface area contributed by atoms with Crippen LogP contribution in [0.25, 0.3) is 0 Å². The van der Waals surface area contributed by atoms with Crippen molar-refractivity contribution >= 4 is 0 Å². The number of aryl methyl sites for hydroxylation is 2. The molecule has 0 amide bonds. The number of halogens is 1. The molecule has 0 N–H and O–H groups in total. The van der Waals surface area contributed by atoms with Gasteiger partial charge in [0.15, 0.2) is 0 Å². The highest BCUT2D eigenvalue weighted by Crippen LogP contribution is 2.10. The monoisotopic (exact) mass is 221 g/mol. The lowest BCUT2D eigenvalue weighted by Gasteiger charge is -2.04. The third kappa shape index (κ3) is 1.88. The summed E-state index contributed by atoms with van der Waals surface area (Å²) in [7, 11) is 1.63. The van der Waals surface area contributed by atoms with Gasteiger partial charge in [0.25, 0.3) is 0 Å². The minimum atomic E-state index is -0.301. The standard InChI is InChI=1S/C11H12FN3O/c1-8-3-4-10(12)5-9(8)6-15-11(16)14(2)7-13-15/h3-5,7H,6H2,1-2H3. The first-order chi connectivity index (χ1) is 7.58. The number of hydrogen-bond acceptors (Lipinski definition) is 2. The van der Waals surface area contributed by atoms with E-state index in [1.54, 1.807) is 13.1 Å². The summed E-state index contributed by atoms with van der Waals surface area (Å²) in [6, 6.07) is 4.52. The van der Waals surface area contributed by atoms with Crippen LogP contribution in [-0.2, 0) is 13.6 Å². The van der Waals surface area contributed by atoms with E-state index in [0.717, 1.165) is 11.1 Å². The van der Waals surface area contributed by atoms with Crippen LogP contribution in [0.5, 0.6) is 0 Å². The molecule has 5 heteroatoms. The fourth-order valence-electron chi connectivity index (χ4n) is 1.50. The van der Waals surface area contributed by atoms with Crippen molar-refractivity contribution in [2.75, 3.05) is 0 Å². The number of aromatic nitrogens is 3. The van der Waals surface area contributed by atoms with E-state index in [4.69, 9.17) is 0 Å². The van der Waals surface area contributed by atoms with Crippen LogP contribution in [-0.4, -0.2) is 14.3 Å². The van der Waals surface area contributed by atoms with E-state index in [9.17, 15) is 9.18 Å². The van der Waals surface area contributed by atoms with E-state index in [1.165, 1.54) is 27.7 Å². The summed E-state index contributed by atoms with van der Waals surface area (Å²) in [6.07, 6.45) is 1.44. The van der Waals surface area contributed by atoms with Crippen LogP contribution in [0.15, 0.2) is 29.3 Å². The van der Waals surface area contributed by atoms with E-state index in [1.807, 2.05) is 6.92 Å². The molecule has 2 aromatic rings. The smallest absolute Gasteiger partial charge is 0.285 e. The molecule has 0 radical (unpaired) electrons. The predicted molar refractivity (Wildman–Crippen MR) is 57.7 cm³/mol. The Hall–Kier alpha value is -1.91. The SMILES string of the molecule is Cc1ccc(F)cc1Cn1ncn(C)c1=O. The molecule has 84 valence electrons. The third-order valence-electron chi connectivity index (χ3n) is 2.52. The van der Waals surface area contributed by atoms with Crippen molar-refractivity contribution in [1.82, 2.24) is 14.3 Å². The molecule has 4 nitrogen and oxygen atoms in total. The zero-order valence-corrected chi connectivity index (χ0v) is 9.14. The summed E-state index contributed by atoms with van der Waals surface area (Å²) in [4.78, 5) is 11.5. The number of rotatable bonds is 2. The molecule has 0 aliphatic carbocycles. The normalized spacial score (nSPS) is 10.7. The summed E-state index contributed by atoms with van der Waals surface area (Å²) in [6.45, 7) is 2.17. The molecule has 2 rings (SSSR count). The van der Waals surface area contributed by atoms with Crippen LogP contribution in [0.1, 0.15) is 11.1 Å². The van der Waals surface area contributed by atoms with E-state index in [2.05, 4.69) is 5.10 Å². The van der Waals surface area contributed by atoms with Gasteiger partial charge in [0.1, 0.15) is 12.1 Å². The highest BCUT2D eigenvalue weighted by molar-refractivity contribution is 5.26. The minimum Gasteiger partial charge on any atom is -0.285 e. The molecule has 0 aliphatic heterocycles. The Bertz CT molecular complexity index is 571. The van der Waals surface area contributed by atoms with E-state index >= 15 is 0 Å². The van der Waals surface area contributed by atoms with Crippen molar-refractivity contribution in [3.8, 4) is 0 Å². The summed E-state index contributed by atoms with van der Waals surface area (Å²) in [5, 5.41) is 3.93. The average molecular weight is 221 g/mol. The summed E-state index contributed by atoms with van der Waals surface area (Å²) in [5.41, 5.74) is 1.50. The molecule has 0 unspecified atom stereocenters. The van der Waals surface area contributed by atoms with Crippen molar-refractivity contribution < 1.29 is 4.39 Å². The fourth-order valence-corrected chi connectivity index (χ4v) is 1.50. The Balaban J connectivity index is 2.37. The number of nitrogens with zero attached hydrogens (tertiary/aromatic N) is 3. The minimum absolute atomic E-state index is 0.205. The highest BCUT2D eigenvalue weighted by Gasteiger charge is 2.05. The maximum atomic E-state index is 13.0. The molecule has 0 bridgehead atoms. The fraction of sp³-hybridized carbons (Fsp3) is 0.273. The molecule has 1 heterocycles. The lowest BCUT2D eigenvalue weighted by atomic mass is 10.1. The summed E-state index contributed by atoms with van der Waals surface area (Å²) in [5.74, 6) is -0.301. The van der Waals surface area contributed by atoms with Crippen molar-refractivity contribution in [2.24, 2.45) is 7.05 Å². The lowest BCUT2D eigenvalue weighted by Crippen LogP contribution is -2.23. The Morgan fingerprint density at radius 2 is 2.19 bits per heavy atom. The molecule has 0 fully saturated rings. The number of benzene rings is 1. The van der Waals surface area contributed by atoms with Crippen LogP contribution in [0.2, 0.25) is 0 Å². The lowest BCUT2D eigenvalue weighted by molar-refractivity contribution is 0.611. The van der Waals surface area contributed by atoms with Gasteiger partial charge in [0.2, 0.25) is 0 Å². The molecule has 16 heavy (non-hydrogen) atoms. The second kappa shape index (κ2) is 3.92. The van der Waals surface area contributed by atoms with Crippen LogP contribution < -0.4 is 5.69 Å². The molecule has 0 saturated carbocycles. The van der Waals surface area contributed by atoms with Crippen molar-refractivity contribution in [2.45, 2.75) is 13.5 Å². The zero-order valence-electron chi connectivity index (χ0n) is 9.14. The largest absolute Gasteiger partial charge is 0.345 e. The quantitative estimate of drug-likeness (QED) is 0.761. The van der Waals surface area contributed by atoms with Gasteiger partial charge >= 0.3 is 5.69 Å². The van der Waals surface area contributed by atoms with Crippen LogP contribution in [0.4, 0.5) is 4.39 Å². The van der Waals surface area contributed by atoms with Gasteiger partial charge in [0.05, 0.1) is 6.54 Å². The Labute approximate surface area is 91.9 Å². The first kappa shape index (κ1) is 10.6. The maximum absolute atomic E-state index is 13.0. The molecule has 0 saturated heterocycles. The van der Waals surface area contributed by atoms with Gasteiger partial charge < -0.3 is 0 Å². The molecule has 1 aromatic carbocycles. The van der Waals surface area contributed by atoms with Crippen molar-refractivity contribution in [1.29, 1.82) is 0 Å². The molecular weight excluding hydrogens is 209 g/mol. The third-order valence-corrected chi connectivity index (χ3v) is 2.52. The van der Waals surface area contributed by atoms with Gasteiger partial charge in [-0.05, 0) is 30.2 Å². The Morgan fingerprint density at radius 1 is 1.44 bits per heavy atom. The van der Waals surface area contributed by atoms with Gasteiger partial charge in [-0.2, -0.15) is 5.10 Å². The summed E-state index contributed by atoms with van der Waals surface area (Å²) < 4.78 is 15.7. The highest BCUT2D eigenvalue weighted by atomic mass is 19.1.